The fraction of sp³-hybridized carbons (Fsp3) is 0.200. The Hall–Kier alpha value is 0.480. The number of hydrogen-bond donors (Lipinski definition) is 2. The van der Waals surface area contributed by atoms with Gasteiger partial charge >= 0.3 is 59.1 Å². The van der Waals surface area contributed by atoms with Crippen LogP contribution in [0.15, 0.2) is 11.1 Å². The van der Waals surface area contributed by atoms with Crippen molar-refractivity contribution < 1.29 is 69.0 Å². The van der Waals surface area contributed by atoms with Crippen LogP contribution >= 0.6 is 0 Å². The molecule has 0 spiro atoms. The van der Waals surface area contributed by atoms with E-state index in [1.165, 1.54) is 7.11 Å². The molecule has 0 radical (unpaired) electrons. The molecule has 1 aromatic rings. The summed E-state index contributed by atoms with van der Waals surface area (Å²) in [6.45, 7) is 0. The molecule has 0 amide bonds. The summed E-state index contributed by atoms with van der Waals surface area (Å²) in [6.07, 6.45) is 1.10. The van der Waals surface area contributed by atoms with E-state index in [9.17, 15) is 4.79 Å². The molecule has 54 valence electrons. The van der Waals surface area contributed by atoms with E-state index in [1.54, 1.807) is 0 Å². The van der Waals surface area contributed by atoms with Gasteiger partial charge in [-0.1, -0.05) is 0 Å². The molecule has 1 rings (SSSR count). The van der Waals surface area contributed by atoms with Gasteiger partial charge in [0.15, 0.2) is 0 Å². The largest absolute Gasteiger partial charge is 1.00 e. The molecule has 2 N–H and O–H groups in total. The van der Waals surface area contributed by atoms with Crippen LogP contribution in [0.4, 0.5) is 0 Å². The third kappa shape index (κ3) is 3.47. The number of aromatic nitrogens is 2. The number of aromatic amines is 1. The quantitative estimate of drug-likeness (QED) is 0.430. The summed E-state index contributed by atoms with van der Waals surface area (Å²) in [7, 11) is 1.28. The third-order valence-electron chi connectivity index (χ3n) is 0.996. The van der Waals surface area contributed by atoms with Crippen molar-refractivity contribution in [2.75, 3.05) is 7.11 Å². The van der Waals surface area contributed by atoms with Crippen LogP contribution in [-0.4, -0.2) is 22.2 Å². The molecule has 7 heteroatoms. The van der Waals surface area contributed by atoms with Gasteiger partial charge in [-0.05, 0) is 0 Å². The van der Waals surface area contributed by atoms with Gasteiger partial charge in [-0.3, -0.25) is 4.79 Å². The van der Waals surface area contributed by atoms with E-state index in [-0.39, 0.29) is 64.9 Å². The zero-order valence-corrected chi connectivity index (χ0v) is 11.3. The van der Waals surface area contributed by atoms with Crippen molar-refractivity contribution in [1.29, 1.82) is 0 Å². The second-order valence-electron chi connectivity index (χ2n) is 1.59. The van der Waals surface area contributed by atoms with Crippen molar-refractivity contribution in [2.24, 2.45) is 0 Å². The third-order valence-corrected chi connectivity index (χ3v) is 0.996. The first-order chi connectivity index (χ1) is 4.75. The second-order valence-corrected chi connectivity index (χ2v) is 1.59. The fourth-order valence-corrected chi connectivity index (χ4v) is 0.562. The summed E-state index contributed by atoms with van der Waals surface area (Å²) in [4.78, 5) is 16.3. The van der Waals surface area contributed by atoms with Crippen LogP contribution in [-0.2, 0) is 0 Å². The van der Waals surface area contributed by atoms with Gasteiger partial charge in [0.05, 0.1) is 13.4 Å². The topological polar surface area (TPSA) is 75.2 Å². The molecule has 0 unspecified atom stereocenters. The maximum atomic E-state index is 10.7. The summed E-state index contributed by atoms with van der Waals surface area (Å²) in [5.41, 5.74) is -0.491. The van der Waals surface area contributed by atoms with E-state index in [0.29, 0.717) is 0 Å². The minimum atomic E-state index is -0.491. The van der Waals surface area contributed by atoms with E-state index in [1.807, 2.05) is 0 Å². The van der Waals surface area contributed by atoms with E-state index < -0.39 is 11.4 Å². The summed E-state index contributed by atoms with van der Waals surface area (Å²) < 4.78 is 4.52. The number of rotatable bonds is 1. The summed E-state index contributed by atoms with van der Waals surface area (Å²) in [5, 5.41) is 8.84. The number of aromatic hydroxyl groups is 1. The molecule has 0 saturated carbocycles. The number of nitrogens with one attached hydrogen (secondary N) is 1. The molecule has 0 aliphatic rings. The minimum Gasteiger partial charge on any atom is -0.490 e. The SMILES string of the molecule is COc1c(O)nc[nH]c1=O.[Na+].[Na+]. The predicted molar refractivity (Wildman–Crippen MR) is 33.1 cm³/mol. The van der Waals surface area contributed by atoms with Crippen molar-refractivity contribution >= 4 is 0 Å². The second kappa shape index (κ2) is 6.94. The Morgan fingerprint density at radius 1 is 1.58 bits per heavy atom. The minimum absolute atomic E-state index is 0. The van der Waals surface area contributed by atoms with Gasteiger partial charge in [-0.25, -0.2) is 4.98 Å². The fourth-order valence-electron chi connectivity index (χ4n) is 0.562. The van der Waals surface area contributed by atoms with Gasteiger partial charge in [0.1, 0.15) is 0 Å². The van der Waals surface area contributed by atoms with E-state index in [2.05, 4.69) is 14.7 Å². The first-order valence-electron chi connectivity index (χ1n) is 2.56. The number of hydrogen-bond acceptors (Lipinski definition) is 4. The Balaban J connectivity index is 0. The van der Waals surface area contributed by atoms with Crippen LogP contribution in [0.3, 0.4) is 0 Å². The molecule has 0 atom stereocenters. The van der Waals surface area contributed by atoms with Crippen molar-refractivity contribution in [1.82, 2.24) is 9.97 Å². The molecule has 0 saturated heterocycles. The van der Waals surface area contributed by atoms with Crippen LogP contribution in [0.25, 0.3) is 0 Å². The summed E-state index contributed by atoms with van der Waals surface area (Å²) >= 11 is 0. The van der Waals surface area contributed by atoms with E-state index >= 15 is 0 Å². The summed E-state index contributed by atoms with van der Waals surface area (Å²) in [6, 6.07) is 0. The van der Waals surface area contributed by atoms with E-state index in [4.69, 9.17) is 5.11 Å². The maximum Gasteiger partial charge on any atom is 1.00 e. The Bertz CT molecular complexity index is 288. The van der Waals surface area contributed by atoms with Crippen molar-refractivity contribution in [3.63, 3.8) is 0 Å². The standard InChI is InChI=1S/C5H6N2O3.2Na/c1-10-3-4(8)6-2-7-5(3)9;;/h2H,1H3,(H2,6,7,8,9);;/q;2*+1. The molecule has 1 heterocycles. The van der Waals surface area contributed by atoms with Crippen LogP contribution in [0.5, 0.6) is 11.6 Å². The predicted octanol–water partition coefficient (Wildman–Crippen LogP) is -6.51. The first-order valence-corrected chi connectivity index (χ1v) is 2.56. The number of nitrogens with zero attached hydrogens (tertiary/aromatic N) is 1. The monoisotopic (exact) mass is 188 g/mol. The average molecular weight is 188 g/mol. The van der Waals surface area contributed by atoms with Gasteiger partial charge in [-0.2, -0.15) is 0 Å². The number of H-pyrrole nitrogens is 1. The molecular formula is C5H6N2Na2O3+2. The van der Waals surface area contributed by atoms with E-state index in [0.717, 1.165) is 6.33 Å². The van der Waals surface area contributed by atoms with Crippen molar-refractivity contribution in [2.45, 2.75) is 0 Å². The van der Waals surface area contributed by atoms with Crippen LogP contribution in [0.2, 0.25) is 0 Å². The van der Waals surface area contributed by atoms with Crippen LogP contribution in [0.1, 0.15) is 0 Å². The molecule has 0 bridgehead atoms. The van der Waals surface area contributed by atoms with Crippen LogP contribution in [0, 0.1) is 0 Å². The van der Waals surface area contributed by atoms with Crippen LogP contribution < -0.4 is 69.4 Å². The number of ether oxygens (including phenoxy) is 1. The zero-order valence-electron chi connectivity index (χ0n) is 7.29. The Morgan fingerprint density at radius 3 is 2.50 bits per heavy atom. The van der Waals surface area contributed by atoms with Gasteiger partial charge < -0.3 is 14.8 Å². The molecule has 1 aromatic heterocycles. The Kier molecular flexibility index (Phi) is 8.66. The van der Waals surface area contributed by atoms with Crippen molar-refractivity contribution in [3.8, 4) is 11.6 Å². The van der Waals surface area contributed by atoms with Gasteiger partial charge in [0.25, 0.3) is 11.4 Å². The average Bonchev–Trinajstić information content (AvgIpc) is 1.88. The molecule has 0 aliphatic heterocycles. The first kappa shape index (κ1) is 15.0. The van der Waals surface area contributed by atoms with Gasteiger partial charge in [0.2, 0.25) is 5.75 Å². The summed E-state index contributed by atoms with van der Waals surface area (Å²) in [5.74, 6) is -0.561. The molecule has 0 fully saturated rings. The Labute approximate surface area is 113 Å². The smallest absolute Gasteiger partial charge is 0.490 e. The Morgan fingerprint density at radius 2 is 2.17 bits per heavy atom. The molecule has 0 aromatic carbocycles. The normalized spacial score (nSPS) is 7.75. The molecule has 0 aliphatic carbocycles. The zero-order chi connectivity index (χ0) is 7.56. The maximum absolute atomic E-state index is 10.7. The van der Waals surface area contributed by atoms with Crippen molar-refractivity contribution in [3.05, 3.63) is 16.7 Å². The molecule has 12 heavy (non-hydrogen) atoms. The molecule has 5 nitrogen and oxygen atoms in total. The van der Waals surface area contributed by atoms with Gasteiger partial charge in [0, 0.05) is 0 Å². The van der Waals surface area contributed by atoms with Gasteiger partial charge in [-0.15, -0.1) is 0 Å². The number of methoxy groups -OCH3 is 1. The molecular weight excluding hydrogens is 182 g/mol.